The third-order valence-electron chi connectivity index (χ3n) is 4.94. The predicted molar refractivity (Wildman–Crippen MR) is 94.1 cm³/mol. The highest BCUT2D eigenvalue weighted by molar-refractivity contribution is 6.05. The zero-order chi connectivity index (χ0) is 18.6. The Morgan fingerprint density at radius 1 is 1.12 bits per heavy atom. The molecule has 1 amide bonds. The fourth-order valence-electron chi connectivity index (χ4n) is 3.62. The summed E-state index contributed by atoms with van der Waals surface area (Å²) in [6, 6.07) is 5.89. The van der Waals surface area contributed by atoms with Crippen LogP contribution in [0.3, 0.4) is 0 Å². The van der Waals surface area contributed by atoms with E-state index in [4.69, 9.17) is 0 Å². The number of aromatic carboxylic acids is 1. The lowest BCUT2D eigenvalue weighted by atomic mass is 10.0. The molecule has 0 atom stereocenters. The van der Waals surface area contributed by atoms with Crippen molar-refractivity contribution in [3.8, 4) is 0 Å². The van der Waals surface area contributed by atoms with Gasteiger partial charge in [0.05, 0.1) is 12.1 Å². The van der Waals surface area contributed by atoms with Crippen LogP contribution in [0.4, 0.5) is 0 Å². The lowest BCUT2D eigenvalue weighted by Crippen LogP contribution is -2.37. The minimum Gasteiger partial charge on any atom is -0.476 e. The van der Waals surface area contributed by atoms with E-state index in [1.165, 1.54) is 0 Å². The molecule has 3 aromatic rings. The summed E-state index contributed by atoms with van der Waals surface area (Å²) in [5.41, 5.74) is 3.84. The second kappa shape index (κ2) is 5.69. The molecule has 2 aromatic heterocycles. The van der Waals surface area contributed by atoms with E-state index >= 15 is 0 Å². The summed E-state index contributed by atoms with van der Waals surface area (Å²) >= 11 is 0. The first-order valence-electron chi connectivity index (χ1n) is 8.37. The molecule has 1 aliphatic rings. The van der Waals surface area contributed by atoms with Gasteiger partial charge in [0, 0.05) is 43.7 Å². The molecule has 8 nitrogen and oxygen atoms in total. The SMILES string of the molecule is Cc1ccc2c(c1)c(C(=O)N1CCc3c(c(C(=O)O)nn3C)C1)nn2C. The summed E-state index contributed by atoms with van der Waals surface area (Å²) in [5, 5.41) is 18.7. The Labute approximate surface area is 149 Å². The molecule has 1 aromatic carbocycles. The number of aryl methyl sites for hydroxylation is 3. The van der Waals surface area contributed by atoms with E-state index in [1.807, 2.05) is 32.2 Å². The van der Waals surface area contributed by atoms with Crippen LogP contribution in [0.1, 0.15) is 37.8 Å². The van der Waals surface area contributed by atoms with E-state index in [1.54, 1.807) is 21.3 Å². The number of benzene rings is 1. The van der Waals surface area contributed by atoms with Crippen LogP contribution in [0.15, 0.2) is 18.2 Å². The molecule has 0 radical (unpaired) electrons. The molecule has 0 saturated heterocycles. The van der Waals surface area contributed by atoms with Gasteiger partial charge >= 0.3 is 5.97 Å². The lowest BCUT2D eigenvalue weighted by Gasteiger charge is -2.27. The van der Waals surface area contributed by atoms with Gasteiger partial charge in [-0.1, -0.05) is 11.6 Å². The highest BCUT2D eigenvalue weighted by Crippen LogP contribution is 2.26. The zero-order valence-electron chi connectivity index (χ0n) is 14.9. The Morgan fingerprint density at radius 3 is 2.58 bits per heavy atom. The standard InChI is InChI=1S/C18H19N5O3/c1-10-4-5-13-11(8-10)15(19-21(13)2)17(24)23-7-6-14-12(9-23)16(18(25)26)20-22(14)3/h4-5,8H,6-7,9H2,1-3H3,(H,25,26). The minimum atomic E-state index is -1.07. The van der Waals surface area contributed by atoms with Crippen LogP contribution in [0.2, 0.25) is 0 Å². The summed E-state index contributed by atoms with van der Waals surface area (Å²) in [7, 11) is 3.55. The second-order valence-corrected chi connectivity index (χ2v) is 6.67. The number of rotatable bonds is 2. The Morgan fingerprint density at radius 2 is 1.85 bits per heavy atom. The maximum Gasteiger partial charge on any atom is 0.356 e. The highest BCUT2D eigenvalue weighted by atomic mass is 16.4. The Kier molecular flexibility index (Phi) is 3.57. The Hall–Kier alpha value is -3.16. The van der Waals surface area contributed by atoms with Crippen molar-refractivity contribution in [1.82, 2.24) is 24.5 Å². The number of carbonyl (C=O) groups is 2. The largest absolute Gasteiger partial charge is 0.476 e. The number of amides is 1. The fourth-order valence-corrected chi connectivity index (χ4v) is 3.62. The maximum atomic E-state index is 13.1. The first kappa shape index (κ1) is 16.3. The van der Waals surface area contributed by atoms with Gasteiger partial charge < -0.3 is 10.0 Å². The van der Waals surface area contributed by atoms with Crippen LogP contribution in [0, 0.1) is 6.92 Å². The quantitative estimate of drug-likeness (QED) is 0.754. The van der Waals surface area contributed by atoms with Crippen LogP contribution < -0.4 is 0 Å². The van der Waals surface area contributed by atoms with Gasteiger partial charge in [0.2, 0.25) is 0 Å². The molecule has 0 fully saturated rings. The van der Waals surface area contributed by atoms with E-state index in [0.29, 0.717) is 24.2 Å². The van der Waals surface area contributed by atoms with E-state index in [-0.39, 0.29) is 18.1 Å². The van der Waals surface area contributed by atoms with E-state index in [0.717, 1.165) is 22.2 Å². The molecular formula is C18H19N5O3. The topological polar surface area (TPSA) is 93.2 Å². The Balaban J connectivity index is 1.73. The molecule has 8 heteroatoms. The number of fused-ring (bicyclic) bond motifs is 2. The number of carboxylic acid groups (broad SMARTS) is 1. The maximum absolute atomic E-state index is 13.1. The van der Waals surface area contributed by atoms with Gasteiger partial charge in [-0.2, -0.15) is 10.2 Å². The molecule has 0 unspecified atom stereocenters. The van der Waals surface area contributed by atoms with Crippen molar-refractivity contribution >= 4 is 22.8 Å². The van der Waals surface area contributed by atoms with Crippen LogP contribution in [-0.2, 0) is 27.1 Å². The van der Waals surface area contributed by atoms with Gasteiger partial charge in [-0.25, -0.2) is 4.79 Å². The molecule has 0 aliphatic carbocycles. The lowest BCUT2D eigenvalue weighted by molar-refractivity contribution is 0.0673. The molecule has 0 saturated carbocycles. The van der Waals surface area contributed by atoms with Gasteiger partial charge in [-0.05, 0) is 19.1 Å². The predicted octanol–water partition coefficient (Wildman–Crippen LogP) is 1.51. The molecule has 1 N–H and O–H groups in total. The average molecular weight is 353 g/mol. The van der Waals surface area contributed by atoms with E-state index in [2.05, 4.69) is 10.2 Å². The summed E-state index contributed by atoms with van der Waals surface area (Å²) in [6.45, 7) is 2.71. The molecule has 1 aliphatic heterocycles. The summed E-state index contributed by atoms with van der Waals surface area (Å²) in [6.07, 6.45) is 0.571. The summed E-state index contributed by atoms with van der Waals surface area (Å²) < 4.78 is 3.30. The summed E-state index contributed by atoms with van der Waals surface area (Å²) in [4.78, 5) is 26.2. The van der Waals surface area contributed by atoms with Crippen molar-refractivity contribution in [2.24, 2.45) is 14.1 Å². The highest BCUT2D eigenvalue weighted by Gasteiger charge is 2.31. The molecule has 134 valence electrons. The first-order chi connectivity index (χ1) is 12.4. The van der Waals surface area contributed by atoms with Gasteiger partial charge in [-0.15, -0.1) is 0 Å². The number of carbonyl (C=O) groups excluding carboxylic acids is 1. The van der Waals surface area contributed by atoms with Crippen molar-refractivity contribution in [2.45, 2.75) is 19.9 Å². The number of hydrogen-bond acceptors (Lipinski definition) is 4. The summed E-state index contributed by atoms with van der Waals surface area (Å²) in [5.74, 6) is -1.26. The van der Waals surface area contributed by atoms with Crippen molar-refractivity contribution in [3.63, 3.8) is 0 Å². The molecule has 4 rings (SSSR count). The first-order valence-corrected chi connectivity index (χ1v) is 8.37. The third-order valence-corrected chi connectivity index (χ3v) is 4.94. The Bertz CT molecular complexity index is 1060. The van der Waals surface area contributed by atoms with Gasteiger partial charge in [-0.3, -0.25) is 14.2 Å². The van der Waals surface area contributed by atoms with E-state index < -0.39 is 5.97 Å². The van der Waals surface area contributed by atoms with E-state index in [9.17, 15) is 14.7 Å². The number of nitrogens with zero attached hydrogens (tertiary/aromatic N) is 5. The monoisotopic (exact) mass is 353 g/mol. The van der Waals surface area contributed by atoms with Crippen molar-refractivity contribution < 1.29 is 14.7 Å². The van der Waals surface area contributed by atoms with Crippen molar-refractivity contribution in [1.29, 1.82) is 0 Å². The molecule has 3 heterocycles. The average Bonchev–Trinajstić information content (AvgIpc) is 3.11. The van der Waals surface area contributed by atoms with Crippen molar-refractivity contribution in [2.75, 3.05) is 6.54 Å². The number of hydrogen-bond donors (Lipinski definition) is 1. The smallest absolute Gasteiger partial charge is 0.356 e. The normalized spacial score (nSPS) is 13.9. The molecular weight excluding hydrogens is 334 g/mol. The minimum absolute atomic E-state index is 0.0155. The van der Waals surface area contributed by atoms with Gasteiger partial charge in [0.25, 0.3) is 5.91 Å². The fraction of sp³-hybridized carbons (Fsp3) is 0.333. The number of aromatic nitrogens is 4. The molecule has 0 bridgehead atoms. The van der Waals surface area contributed by atoms with Crippen LogP contribution in [-0.4, -0.2) is 48.0 Å². The molecule has 0 spiro atoms. The second-order valence-electron chi connectivity index (χ2n) is 6.67. The number of carboxylic acids is 1. The van der Waals surface area contributed by atoms with Gasteiger partial charge in [0.1, 0.15) is 0 Å². The zero-order valence-corrected chi connectivity index (χ0v) is 14.9. The van der Waals surface area contributed by atoms with Gasteiger partial charge in [0.15, 0.2) is 11.4 Å². The van der Waals surface area contributed by atoms with Crippen LogP contribution in [0.5, 0.6) is 0 Å². The molecule has 26 heavy (non-hydrogen) atoms. The van der Waals surface area contributed by atoms with Crippen LogP contribution >= 0.6 is 0 Å². The van der Waals surface area contributed by atoms with Crippen LogP contribution in [0.25, 0.3) is 10.9 Å². The third kappa shape index (κ3) is 2.37. The van der Waals surface area contributed by atoms with Crippen molar-refractivity contribution in [3.05, 3.63) is 46.4 Å².